The van der Waals surface area contributed by atoms with Crippen LogP contribution in [0.1, 0.15) is 30.8 Å². The van der Waals surface area contributed by atoms with Gasteiger partial charge in [-0.2, -0.15) is 10.2 Å². The lowest BCUT2D eigenvalue weighted by Crippen LogP contribution is -2.35. The van der Waals surface area contributed by atoms with E-state index in [1.807, 2.05) is 37.3 Å². The number of carbonyl (C=O) groups is 1. The molecule has 1 N–H and O–H groups in total. The Balaban J connectivity index is 1.79. The van der Waals surface area contributed by atoms with Gasteiger partial charge in [0.05, 0.1) is 22.5 Å². The highest BCUT2D eigenvalue weighted by Gasteiger charge is 2.25. The van der Waals surface area contributed by atoms with Crippen molar-refractivity contribution in [3.63, 3.8) is 0 Å². The number of fused-ring (bicyclic) bond motifs is 1. The van der Waals surface area contributed by atoms with Crippen molar-refractivity contribution >= 4 is 22.5 Å². The molecular weight excluding hydrogens is 397 g/mol. The van der Waals surface area contributed by atoms with E-state index in [0.29, 0.717) is 23.2 Å². The van der Waals surface area contributed by atoms with Crippen LogP contribution in [-0.2, 0) is 4.79 Å². The maximum atomic E-state index is 13.5. The Hall–Kier alpha value is -3.81. The number of anilines is 1. The summed E-state index contributed by atoms with van der Waals surface area (Å²) in [5, 5.41) is 12.3. The average Bonchev–Trinajstić information content (AvgIpc) is 3.11. The molecule has 0 aliphatic rings. The third kappa shape index (κ3) is 3.72. The summed E-state index contributed by atoms with van der Waals surface area (Å²) in [4.78, 5) is 26.2. The average molecular weight is 419 g/mol. The van der Waals surface area contributed by atoms with E-state index >= 15 is 0 Å². The summed E-state index contributed by atoms with van der Waals surface area (Å²) in [5.74, 6) is -0.902. The molecule has 2 heterocycles. The Kier molecular flexibility index (Phi) is 5.37. The molecule has 4 aromatic rings. The van der Waals surface area contributed by atoms with E-state index in [1.165, 1.54) is 22.9 Å². The fraction of sp³-hybridized carbons (Fsp3) is 0.217. The van der Waals surface area contributed by atoms with Gasteiger partial charge in [-0.05, 0) is 50.6 Å². The van der Waals surface area contributed by atoms with Gasteiger partial charge in [-0.15, -0.1) is 0 Å². The van der Waals surface area contributed by atoms with Gasteiger partial charge in [0.25, 0.3) is 5.56 Å². The first-order chi connectivity index (χ1) is 14.9. The van der Waals surface area contributed by atoms with E-state index in [0.717, 1.165) is 11.4 Å². The lowest BCUT2D eigenvalue weighted by molar-refractivity contribution is -0.119. The Morgan fingerprint density at radius 2 is 1.84 bits per heavy atom. The maximum Gasteiger partial charge on any atom is 0.295 e. The minimum absolute atomic E-state index is 0.255. The molecule has 0 radical (unpaired) electrons. The van der Waals surface area contributed by atoms with Crippen molar-refractivity contribution in [1.82, 2.24) is 19.6 Å². The lowest BCUT2D eigenvalue weighted by atomic mass is 10.1. The molecule has 4 rings (SSSR count). The van der Waals surface area contributed by atoms with Crippen LogP contribution in [0.15, 0.2) is 59.4 Å². The largest absolute Gasteiger partial charge is 0.324 e. The van der Waals surface area contributed by atoms with Gasteiger partial charge in [-0.3, -0.25) is 9.59 Å². The highest BCUT2D eigenvalue weighted by molar-refractivity contribution is 5.94. The summed E-state index contributed by atoms with van der Waals surface area (Å²) in [6.07, 6.45) is 0.331. The molecule has 0 aliphatic carbocycles. The number of aromatic nitrogens is 4. The molecular formula is C23H22FN5O2. The zero-order valence-electron chi connectivity index (χ0n) is 17.5. The molecule has 0 aliphatic heterocycles. The first kappa shape index (κ1) is 20.5. The van der Waals surface area contributed by atoms with Crippen molar-refractivity contribution in [3.8, 4) is 5.69 Å². The van der Waals surface area contributed by atoms with E-state index in [1.54, 1.807) is 24.6 Å². The summed E-state index contributed by atoms with van der Waals surface area (Å²) < 4.78 is 16.3. The number of aryl methyl sites for hydroxylation is 2. The normalized spacial score (nSPS) is 12.1. The first-order valence-electron chi connectivity index (χ1n) is 10.0. The highest BCUT2D eigenvalue weighted by atomic mass is 19.1. The molecule has 1 atom stereocenters. The summed E-state index contributed by atoms with van der Waals surface area (Å²) in [5.41, 5.74) is 2.36. The second kappa shape index (κ2) is 8.14. The van der Waals surface area contributed by atoms with Crippen LogP contribution in [0.3, 0.4) is 0 Å². The molecule has 0 bridgehead atoms. The molecule has 0 spiro atoms. The van der Waals surface area contributed by atoms with Crippen LogP contribution < -0.4 is 10.9 Å². The fourth-order valence-corrected chi connectivity index (χ4v) is 3.74. The SMILES string of the molecule is CC[C@H](C(=O)Nc1cccc(F)c1)n1nc(C)c2c(C)n(-c3ccccc3)nc2c1=O. The molecule has 0 unspecified atom stereocenters. The quantitative estimate of drug-likeness (QED) is 0.531. The number of hydrogen-bond donors (Lipinski definition) is 1. The molecule has 1 amide bonds. The van der Waals surface area contributed by atoms with E-state index in [2.05, 4.69) is 15.5 Å². The van der Waals surface area contributed by atoms with Gasteiger partial charge in [0, 0.05) is 5.69 Å². The second-order valence-corrected chi connectivity index (χ2v) is 7.32. The summed E-state index contributed by atoms with van der Waals surface area (Å²) >= 11 is 0. The van der Waals surface area contributed by atoms with Crippen molar-refractivity contribution in [2.75, 3.05) is 5.32 Å². The van der Waals surface area contributed by atoms with Gasteiger partial charge < -0.3 is 5.32 Å². The van der Waals surface area contributed by atoms with Gasteiger partial charge in [0.2, 0.25) is 5.91 Å². The molecule has 31 heavy (non-hydrogen) atoms. The predicted molar refractivity (Wildman–Crippen MR) is 117 cm³/mol. The summed E-state index contributed by atoms with van der Waals surface area (Å²) in [6, 6.07) is 14.3. The van der Waals surface area contributed by atoms with Crippen molar-refractivity contribution in [2.45, 2.75) is 33.2 Å². The number of amides is 1. The fourth-order valence-electron chi connectivity index (χ4n) is 3.74. The van der Waals surface area contributed by atoms with Gasteiger partial charge in [-0.25, -0.2) is 13.8 Å². The molecule has 2 aromatic carbocycles. The monoisotopic (exact) mass is 419 g/mol. The Morgan fingerprint density at radius 3 is 2.52 bits per heavy atom. The number of carbonyl (C=O) groups excluding carboxylic acids is 1. The molecule has 7 nitrogen and oxygen atoms in total. The zero-order valence-corrected chi connectivity index (χ0v) is 17.5. The number of nitrogens with zero attached hydrogens (tertiary/aromatic N) is 4. The van der Waals surface area contributed by atoms with E-state index in [9.17, 15) is 14.0 Å². The zero-order chi connectivity index (χ0) is 22.1. The van der Waals surface area contributed by atoms with Crippen LogP contribution in [0, 0.1) is 19.7 Å². The van der Waals surface area contributed by atoms with Crippen molar-refractivity contribution in [1.29, 1.82) is 0 Å². The van der Waals surface area contributed by atoms with Crippen LogP contribution in [-0.4, -0.2) is 25.5 Å². The minimum atomic E-state index is -0.860. The molecule has 8 heteroatoms. The van der Waals surface area contributed by atoms with E-state index in [-0.39, 0.29) is 5.52 Å². The first-order valence-corrected chi connectivity index (χ1v) is 10.0. The van der Waals surface area contributed by atoms with Gasteiger partial charge in [0.1, 0.15) is 11.9 Å². The Labute approximate surface area is 178 Å². The predicted octanol–water partition coefficient (Wildman–Crippen LogP) is 3.93. The van der Waals surface area contributed by atoms with Gasteiger partial charge in [0.15, 0.2) is 5.52 Å². The highest BCUT2D eigenvalue weighted by Crippen LogP contribution is 2.22. The molecule has 0 saturated heterocycles. The van der Waals surface area contributed by atoms with Crippen molar-refractivity contribution in [2.24, 2.45) is 0 Å². The van der Waals surface area contributed by atoms with Crippen LogP contribution in [0.25, 0.3) is 16.6 Å². The number of rotatable bonds is 5. The van der Waals surface area contributed by atoms with Gasteiger partial charge in [-0.1, -0.05) is 31.2 Å². The maximum absolute atomic E-state index is 13.5. The lowest BCUT2D eigenvalue weighted by Gasteiger charge is -2.17. The summed E-state index contributed by atoms with van der Waals surface area (Å²) in [6.45, 7) is 5.46. The van der Waals surface area contributed by atoms with Crippen LogP contribution in [0.2, 0.25) is 0 Å². The third-order valence-corrected chi connectivity index (χ3v) is 5.22. The number of hydrogen-bond acceptors (Lipinski definition) is 4. The van der Waals surface area contributed by atoms with Crippen molar-refractivity contribution in [3.05, 3.63) is 82.2 Å². The third-order valence-electron chi connectivity index (χ3n) is 5.22. The van der Waals surface area contributed by atoms with Gasteiger partial charge >= 0.3 is 0 Å². The molecule has 0 saturated carbocycles. The van der Waals surface area contributed by atoms with E-state index < -0.39 is 23.3 Å². The molecule has 158 valence electrons. The van der Waals surface area contributed by atoms with Crippen molar-refractivity contribution < 1.29 is 9.18 Å². The Bertz CT molecular complexity index is 1330. The number of nitrogens with one attached hydrogen (secondary N) is 1. The molecule has 2 aromatic heterocycles. The topological polar surface area (TPSA) is 81.8 Å². The molecule has 0 fully saturated rings. The van der Waals surface area contributed by atoms with Crippen LogP contribution in [0.4, 0.5) is 10.1 Å². The Morgan fingerprint density at radius 1 is 1.10 bits per heavy atom. The van der Waals surface area contributed by atoms with Crippen LogP contribution in [0.5, 0.6) is 0 Å². The standard InChI is InChI=1S/C23H22FN5O2/c1-4-19(22(30)25-17-10-8-9-16(24)13-17)29-23(31)21-20(14(2)26-29)15(3)28(27-21)18-11-6-5-7-12-18/h5-13,19H,4H2,1-3H3,(H,25,30)/t19-/m1/s1. The number of halogens is 1. The smallest absolute Gasteiger partial charge is 0.295 e. The number of benzene rings is 2. The summed E-state index contributed by atoms with van der Waals surface area (Å²) in [7, 11) is 0. The van der Waals surface area contributed by atoms with Crippen LogP contribution >= 0.6 is 0 Å². The number of para-hydroxylation sites is 1. The minimum Gasteiger partial charge on any atom is -0.324 e. The second-order valence-electron chi connectivity index (χ2n) is 7.32. The van der Waals surface area contributed by atoms with E-state index in [4.69, 9.17) is 0 Å².